The molecular formula is C14H10N2O3. The number of aromatic nitrogens is 1. The molecule has 0 saturated heterocycles. The highest BCUT2D eigenvalue weighted by atomic mass is 16.4. The lowest BCUT2D eigenvalue weighted by molar-refractivity contribution is -0.138. The third-order valence-electron chi connectivity index (χ3n) is 3.53. The Bertz CT molecular complexity index is 739. The van der Waals surface area contributed by atoms with Gasteiger partial charge in [-0.1, -0.05) is 0 Å². The summed E-state index contributed by atoms with van der Waals surface area (Å²) in [5, 5.41) is 18.5. The van der Waals surface area contributed by atoms with E-state index in [2.05, 4.69) is 11.1 Å². The van der Waals surface area contributed by atoms with Gasteiger partial charge in [-0.05, 0) is 24.6 Å². The number of carbonyl (C=O) groups excluding carboxylic acids is 1. The topological polar surface area (TPSA) is 94.0 Å². The van der Waals surface area contributed by atoms with Gasteiger partial charge < -0.3 is 10.1 Å². The maximum absolute atomic E-state index is 12.1. The van der Waals surface area contributed by atoms with Gasteiger partial charge in [-0.3, -0.25) is 9.59 Å². The summed E-state index contributed by atoms with van der Waals surface area (Å²) in [6.07, 6.45) is 2.00. The van der Waals surface area contributed by atoms with E-state index < -0.39 is 17.8 Å². The molecule has 5 nitrogen and oxygen atoms in total. The van der Waals surface area contributed by atoms with Gasteiger partial charge >= 0.3 is 5.97 Å². The summed E-state index contributed by atoms with van der Waals surface area (Å²) < 4.78 is 0. The van der Waals surface area contributed by atoms with Crippen molar-refractivity contribution in [3.8, 4) is 6.07 Å². The molecule has 1 heterocycles. The van der Waals surface area contributed by atoms with E-state index in [1.807, 2.05) is 0 Å². The Morgan fingerprint density at radius 1 is 1.37 bits per heavy atom. The summed E-state index contributed by atoms with van der Waals surface area (Å²) in [5.74, 6) is -2.04. The summed E-state index contributed by atoms with van der Waals surface area (Å²) in [5.41, 5.74) is 1.74. The van der Waals surface area contributed by atoms with Gasteiger partial charge in [-0.2, -0.15) is 5.26 Å². The fraction of sp³-hybridized carbons (Fsp3) is 0.214. The number of H-pyrrole nitrogens is 1. The van der Waals surface area contributed by atoms with Crippen molar-refractivity contribution in [3.05, 3.63) is 35.5 Å². The summed E-state index contributed by atoms with van der Waals surface area (Å²) in [7, 11) is 0. The van der Waals surface area contributed by atoms with Crippen molar-refractivity contribution < 1.29 is 14.7 Å². The lowest BCUT2D eigenvalue weighted by atomic mass is 10.0. The second-order valence-corrected chi connectivity index (χ2v) is 4.73. The predicted molar refractivity (Wildman–Crippen MR) is 66.6 cm³/mol. The van der Waals surface area contributed by atoms with Crippen molar-refractivity contribution in [3.63, 3.8) is 0 Å². The molecule has 2 N–H and O–H groups in total. The first-order chi connectivity index (χ1) is 9.11. The quantitative estimate of drug-likeness (QED) is 0.818. The summed E-state index contributed by atoms with van der Waals surface area (Å²) in [4.78, 5) is 25.9. The van der Waals surface area contributed by atoms with Crippen molar-refractivity contribution in [2.75, 3.05) is 0 Å². The fourth-order valence-electron chi connectivity index (χ4n) is 2.34. The van der Waals surface area contributed by atoms with Crippen LogP contribution < -0.4 is 0 Å². The van der Waals surface area contributed by atoms with Crippen molar-refractivity contribution >= 4 is 22.7 Å². The third kappa shape index (κ3) is 1.78. The molecule has 1 aliphatic carbocycles. The van der Waals surface area contributed by atoms with E-state index in [0.717, 1.165) is 5.52 Å². The van der Waals surface area contributed by atoms with Gasteiger partial charge in [0.1, 0.15) is 6.07 Å². The second kappa shape index (κ2) is 3.95. The minimum Gasteiger partial charge on any atom is -0.481 e. The molecule has 0 aliphatic heterocycles. The molecule has 3 rings (SSSR count). The van der Waals surface area contributed by atoms with Gasteiger partial charge in [-0.15, -0.1) is 0 Å². The first-order valence-corrected chi connectivity index (χ1v) is 5.90. The number of nitriles is 1. The lowest BCUT2D eigenvalue weighted by Crippen LogP contribution is -2.08. The Morgan fingerprint density at radius 2 is 2.16 bits per heavy atom. The van der Waals surface area contributed by atoms with E-state index in [4.69, 9.17) is 10.4 Å². The zero-order valence-corrected chi connectivity index (χ0v) is 9.88. The number of nitrogens with zero attached hydrogens (tertiary/aromatic N) is 1. The van der Waals surface area contributed by atoms with Crippen molar-refractivity contribution in [2.24, 2.45) is 11.8 Å². The zero-order chi connectivity index (χ0) is 13.6. The molecule has 5 heteroatoms. The molecular weight excluding hydrogens is 244 g/mol. The number of aromatic amines is 1. The number of carbonyl (C=O) groups is 2. The van der Waals surface area contributed by atoms with Gasteiger partial charge in [0.05, 0.1) is 11.5 Å². The molecule has 1 aliphatic rings. The number of aliphatic carboxylic acids is 1. The number of hydrogen-bond donors (Lipinski definition) is 2. The Kier molecular flexibility index (Phi) is 2.39. The summed E-state index contributed by atoms with van der Waals surface area (Å²) >= 11 is 0. The molecule has 0 amide bonds. The number of rotatable bonds is 3. The smallest absolute Gasteiger partial charge is 0.307 e. The van der Waals surface area contributed by atoms with Gasteiger partial charge in [0.2, 0.25) is 0 Å². The zero-order valence-electron chi connectivity index (χ0n) is 9.88. The average Bonchev–Trinajstić information content (AvgIpc) is 3.11. The molecule has 19 heavy (non-hydrogen) atoms. The first-order valence-electron chi connectivity index (χ1n) is 5.90. The highest BCUT2D eigenvalue weighted by molar-refractivity contribution is 6.05. The van der Waals surface area contributed by atoms with Gasteiger partial charge in [0.15, 0.2) is 5.78 Å². The minimum atomic E-state index is -0.918. The molecule has 1 fully saturated rings. The molecule has 2 aromatic rings. The van der Waals surface area contributed by atoms with Crippen LogP contribution in [0.25, 0.3) is 10.9 Å². The molecule has 94 valence electrons. The van der Waals surface area contributed by atoms with Crippen LogP contribution in [0.5, 0.6) is 0 Å². The van der Waals surface area contributed by atoms with Crippen LogP contribution >= 0.6 is 0 Å². The lowest BCUT2D eigenvalue weighted by Gasteiger charge is -2.00. The largest absolute Gasteiger partial charge is 0.481 e. The van der Waals surface area contributed by atoms with Crippen LogP contribution in [0.15, 0.2) is 24.4 Å². The monoisotopic (exact) mass is 254 g/mol. The highest BCUT2D eigenvalue weighted by Gasteiger charge is 2.48. The molecule has 0 unspecified atom stereocenters. The van der Waals surface area contributed by atoms with Gasteiger partial charge in [0, 0.05) is 28.6 Å². The van der Waals surface area contributed by atoms with Crippen LogP contribution in [0.3, 0.4) is 0 Å². The predicted octanol–water partition coefficient (Wildman–Crippen LogP) is 1.94. The van der Waals surface area contributed by atoms with Crippen LogP contribution in [0, 0.1) is 23.2 Å². The molecule has 0 spiro atoms. The normalized spacial score (nSPS) is 21.0. The number of benzene rings is 1. The second-order valence-electron chi connectivity index (χ2n) is 4.73. The Balaban J connectivity index is 1.96. The molecule has 1 aromatic carbocycles. The van der Waals surface area contributed by atoms with Crippen LogP contribution in [0.4, 0.5) is 0 Å². The van der Waals surface area contributed by atoms with Crippen LogP contribution in [-0.4, -0.2) is 21.8 Å². The van der Waals surface area contributed by atoms with E-state index in [-0.39, 0.29) is 5.78 Å². The minimum absolute atomic E-state index is 0.153. The number of fused-ring (bicyclic) bond motifs is 1. The number of hydrogen-bond acceptors (Lipinski definition) is 3. The molecule has 1 saturated carbocycles. The van der Waals surface area contributed by atoms with E-state index in [1.165, 1.54) is 0 Å². The maximum atomic E-state index is 12.1. The average molecular weight is 254 g/mol. The van der Waals surface area contributed by atoms with Gasteiger partial charge in [0.25, 0.3) is 0 Å². The standard InChI is InChI=1S/C14H10N2O3/c15-5-8-6-16-12-2-1-7(3-9(8)12)13(17)10-4-11(10)14(18)19/h1-3,6,10-11,16H,4H2,(H,18,19)/t10-,11-/m0/s1. The van der Waals surface area contributed by atoms with Crippen LogP contribution in [0.1, 0.15) is 22.3 Å². The SMILES string of the molecule is N#Cc1c[nH]c2ccc(C(=O)[C@H]3C[C@@H]3C(=O)O)cc12. The summed E-state index contributed by atoms with van der Waals surface area (Å²) in [6.45, 7) is 0. The maximum Gasteiger partial charge on any atom is 0.307 e. The van der Waals surface area contributed by atoms with Crippen molar-refractivity contribution in [2.45, 2.75) is 6.42 Å². The number of carboxylic acids is 1. The summed E-state index contributed by atoms with van der Waals surface area (Å²) in [6, 6.07) is 7.11. The Morgan fingerprint density at radius 3 is 2.79 bits per heavy atom. The molecule has 0 bridgehead atoms. The Labute approximate surface area is 108 Å². The van der Waals surface area contributed by atoms with Crippen molar-refractivity contribution in [1.82, 2.24) is 4.98 Å². The molecule has 0 radical (unpaired) electrons. The number of ketones is 1. The Hall–Kier alpha value is -2.61. The number of nitrogens with one attached hydrogen (secondary N) is 1. The van der Waals surface area contributed by atoms with Crippen LogP contribution in [0.2, 0.25) is 0 Å². The van der Waals surface area contributed by atoms with Crippen molar-refractivity contribution in [1.29, 1.82) is 5.26 Å². The third-order valence-corrected chi connectivity index (χ3v) is 3.53. The number of Topliss-reactive ketones (excluding diaryl/α,β-unsaturated/α-hetero) is 1. The van der Waals surface area contributed by atoms with E-state index in [9.17, 15) is 9.59 Å². The van der Waals surface area contributed by atoms with E-state index >= 15 is 0 Å². The van der Waals surface area contributed by atoms with Gasteiger partial charge in [-0.25, -0.2) is 0 Å². The molecule has 2 atom stereocenters. The van der Waals surface area contributed by atoms with E-state index in [1.54, 1.807) is 24.4 Å². The molecule has 1 aromatic heterocycles. The number of carboxylic acid groups (broad SMARTS) is 1. The van der Waals surface area contributed by atoms with E-state index in [0.29, 0.717) is 22.9 Å². The highest BCUT2D eigenvalue weighted by Crippen LogP contribution is 2.41. The first kappa shape index (κ1) is 11.5. The fourth-order valence-corrected chi connectivity index (χ4v) is 2.34. The van der Waals surface area contributed by atoms with Crippen LogP contribution in [-0.2, 0) is 4.79 Å².